The number of fused-ring (bicyclic) bond motifs is 1. The summed E-state index contributed by atoms with van der Waals surface area (Å²) in [6.07, 6.45) is 0. The minimum absolute atomic E-state index is 0.0556. The SMILES string of the molecule is COCCN1C(=O)C(=O)/C(=C(\O)c2ccc3c(c2)OCCO3)C1c1ccc(C(C)C)cc1. The minimum atomic E-state index is -0.716. The Morgan fingerprint density at radius 2 is 1.78 bits per heavy atom. The van der Waals surface area contributed by atoms with Crippen LogP contribution in [0.3, 0.4) is 0 Å². The number of ketones is 1. The van der Waals surface area contributed by atoms with Gasteiger partial charge in [0.05, 0.1) is 18.2 Å². The smallest absolute Gasteiger partial charge is 0.295 e. The number of carbonyl (C=O) groups excluding carboxylic acids is 2. The van der Waals surface area contributed by atoms with Crippen LogP contribution in [0.1, 0.15) is 42.5 Å². The van der Waals surface area contributed by atoms with Crippen molar-refractivity contribution in [1.29, 1.82) is 0 Å². The molecule has 1 fully saturated rings. The Morgan fingerprint density at radius 1 is 1.09 bits per heavy atom. The zero-order valence-electron chi connectivity index (χ0n) is 18.5. The summed E-state index contributed by atoms with van der Waals surface area (Å²) in [4.78, 5) is 27.4. The molecule has 1 N–H and O–H groups in total. The third-order valence-electron chi connectivity index (χ3n) is 5.81. The van der Waals surface area contributed by atoms with E-state index in [0.29, 0.717) is 36.2 Å². The van der Waals surface area contributed by atoms with Gasteiger partial charge in [0.15, 0.2) is 11.5 Å². The Labute approximate surface area is 187 Å². The molecule has 0 aliphatic carbocycles. The number of aliphatic hydroxyl groups excluding tert-OH is 1. The van der Waals surface area contributed by atoms with Crippen molar-refractivity contribution in [3.05, 3.63) is 64.7 Å². The molecule has 2 aliphatic heterocycles. The number of rotatable bonds is 6. The summed E-state index contributed by atoms with van der Waals surface area (Å²) in [5.74, 6) is -0.189. The molecule has 0 spiro atoms. The molecule has 32 heavy (non-hydrogen) atoms. The van der Waals surface area contributed by atoms with Gasteiger partial charge in [0, 0.05) is 19.2 Å². The monoisotopic (exact) mass is 437 g/mol. The summed E-state index contributed by atoms with van der Waals surface area (Å²) in [7, 11) is 1.54. The molecule has 1 atom stereocenters. The molecular weight excluding hydrogens is 410 g/mol. The number of hydrogen-bond acceptors (Lipinski definition) is 6. The number of nitrogens with zero attached hydrogens (tertiary/aromatic N) is 1. The van der Waals surface area contributed by atoms with Crippen LogP contribution in [-0.2, 0) is 14.3 Å². The van der Waals surface area contributed by atoms with Crippen molar-refractivity contribution >= 4 is 17.4 Å². The average molecular weight is 437 g/mol. The molecule has 2 aliphatic rings. The van der Waals surface area contributed by atoms with E-state index in [1.54, 1.807) is 18.2 Å². The van der Waals surface area contributed by atoms with Gasteiger partial charge >= 0.3 is 0 Å². The van der Waals surface area contributed by atoms with E-state index in [9.17, 15) is 14.7 Å². The van der Waals surface area contributed by atoms with Gasteiger partial charge in [0.25, 0.3) is 11.7 Å². The predicted molar refractivity (Wildman–Crippen MR) is 119 cm³/mol. The zero-order chi connectivity index (χ0) is 22.8. The lowest BCUT2D eigenvalue weighted by molar-refractivity contribution is -0.140. The van der Waals surface area contributed by atoms with Gasteiger partial charge in [-0.2, -0.15) is 0 Å². The molecule has 7 nitrogen and oxygen atoms in total. The molecule has 0 aromatic heterocycles. The molecule has 7 heteroatoms. The van der Waals surface area contributed by atoms with E-state index in [1.165, 1.54) is 12.0 Å². The number of Topliss-reactive ketones (excluding diaryl/α,β-unsaturated/α-hetero) is 1. The van der Waals surface area contributed by atoms with Crippen molar-refractivity contribution in [2.75, 3.05) is 33.5 Å². The van der Waals surface area contributed by atoms with E-state index in [0.717, 1.165) is 11.1 Å². The van der Waals surface area contributed by atoms with E-state index in [-0.39, 0.29) is 24.5 Å². The van der Waals surface area contributed by atoms with Gasteiger partial charge in [-0.1, -0.05) is 38.1 Å². The number of aliphatic hydroxyl groups is 1. The minimum Gasteiger partial charge on any atom is -0.507 e. The predicted octanol–water partition coefficient (Wildman–Crippen LogP) is 3.65. The number of methoxy groups -OCH3 is 1. The quantitative estimate of drug-likeness (QED) is 0.422. The first-order valence-electron chi connectivity index (χ1n) is 10.7. The van der Waals surface area contributed by atoms with E-state index >= 15 is 0 Å². The topological polar surface area (TPSA) is 85.3 Å². The largest absolute Gasteiger partial charge is 0.507 e. The number of benzene rings is 2. The number of amides is 1. The van der Waals surface area contributed by atoms with E-state index in [4.69, 9.17) is 14.2 Å². The van der Waals surface area contributed by atoms with Crippen LogP contribution in [0, 0.1) is 0 Å². The highest BCUT2D eigenvalue weighted by Gasteiger charge is 2.46. The van der Waals surface area contributed by atoms with E-state index in [1.807, 2.05) is 24.3 Å². The Hall–Kier alpha value is -3.32. The Balaban J connectivity index is 1.81. The molecule has 168 valence electrons. The van der Waals surface area contributed by atoms with Crippen LogP contribution in [0.5, 0.6) is 11.5 Å². The third kappa shape index (κ3) is 3.96. The third-order valence-corrected chi connectivity index (χ3v) is 5.81. The van der Waals surface area contributed by atoms with Crippen molar-refractivity contribution in [1.82, 2.24) is 4.90 Å². The van der Waals surface area contributed by atoms with Crippen molar-refractivity contribution < 1.29 is 28.9 Å². The number of ether oxygens (including phenoxy) is 3. The number of carbonyl (C=O) groups is 2. The second-order valence-corrected chi connectivity index (χ2v) is 8.17. The van der Waals surface area contributed by atoms with Crippen LogP contribution < -0.4 is 9.47 Å². The molecule has 1 unspecified atom stereocenters. The van der Waals surface area contributed by atoms with Gasteiger partial charge in [0.2, 0.25) is 0 Å². The maximum absolute atomic E-state index is 13.0. The maximum atomic E-state index is 13.0. The number of likely N-dealkylation sites (tertiary alicyclic amines) is 1. The van der Waals surface area contributed by atoms with Crippen LogP contribution in [0.25, 0.3) is 5.76 Å². The van der Waals surface area contributed by atoms with Gasteiger partial charge in [-0.3, -0.25) is 9.59 Å². The zero-order valence-corrected chi connectivity index (χ0v) is 18.5. The van der Waals surface area contributed by atoms with Crippen LogP contribution >= 0.6 is 0 Å². The fourth-order valence-corrected chi connectivity index (χ4v) is 4.06. The lowest BCUT2D eigenvalue weighted by Crippen LogP contribution is -2.32. The molecule has 0 saturated carbocycles. The normalized spacial score (nSPS) is 19.6. The summed E-state index contributed by atoms with van der Waals surface area (Å²) in [6.45, 7) is 5.56. The summed E-state index contributed by atoms with van der Waals surface area (Å²) in [5.41, 5.74) is 2.35. The van der Waals surface area contributed by atoms with Crippen molar-refractivity contribution in [3.8, 4) is 11.5 Å². The molecule has 2 aromatic carbocycles. The summed E-state index contributed by atoms with van der Waals surface area (Å²) in [5, 5.41) is 11.2. The Bertz CT molecular complexity index is 1060. The number of hydrogen-bond donors (Lipinski definition) is 1. The lowest BCUT2D eigenvalue weighted by Gasteiger charge is -2.25. The highest BCUT2D eigenvalue weighted by molar-refractivity contribution is 6.46. The summed E-state index contributed by atoms with van der Waals surface area (Å²) < 4.78 is 16.3. The first kappa shape index (κ1) is 21.9. The fourth-order valence-electron chi connectivity index (χ4n) is 4.06. The molecule has 2 aromatic rings. The van der Waals surface area contributed by atoms with Crippen molar-refractivity contribution in [2.24, 2.45) is 0 Å². The molecule has 2 heterocycles. The molecular formula is C25H27NO6. The van der Waals surface area contributed by atoms with Crippen LogP contribution in [-0.4, -0.2) is 55.2 Å². The first-order chi connectivity index (χ1) is 15.4. The molecule has 0 bridgehead atoms. The molecule has 1 saturated heterocycles. The van der Waals surface area contributed by atoms with E-state index in [2.05, 4.69) is 13.8 Å². The first-order valence-corrected chi connectivity index (χ1v) is 10.7. The second-order valence-electron chi connectivity index (χ2n) is 8.17. The van der Waals surface area contributed by atoms with Gasteiger partial charge in [0.1, 0.15) is 19.0 Å². The highest BCUT2D eigenvalue weighted by atomic mass is 16.6. The fraction of sp³-hybridized carbons (Fsp3) is 0.360. The standard InChI is InChI=1S/C25H27NO6/c1-15(2)16-4-6-17(7-5-16)22-21(24(28)25(29)26(22)10-11-30-3)23(27)18-8-9-19-20(14-18)32-13-12-31-19/h4-9,14-15,22,27H,10-13H2,1-3H3/b23-21-. The molecule has 0 radical (unpaired) electrons. The second kappa shape index (κ2) is 9.04. The average Bonchev–Trinajstić information content (AvgIpc) is 3.06. The molecule has 1 amide bonds. The van der Waals surface area contributed by atoms with Gasteiger partial charge in [-0.25, -0.2) is 0 Å². The Morgan fingerprint density at radius 3 is 2.44 bits per heavy atom. The van der Waals surface area contributed by atoms with Crippen LogP contribution in [0.2, 0.25) is 0 Å². The Kier molecular flexibility index (Phi) is 6.19. The van der Waals surface area contributed by atoms with Gasteiger partial charge in [-0.15, -0.1) is 0 Å². The lowest BCUT2D eigenvalue weighted by atomic mass is 9.93. The summed E-state index contributed by atoms with van der Waals surface area (Å²) >= 11 is 0. The van der Waals surface area contributed by atoms with Crippen LogP contribution in [0.4, 0.5) is 0 Å². The highest BCUT2D eigenvalue weighted by Crippen LogP contribution is 2.41. The summed E-state index contributed by atoms with van der Waals surface area (Å²) in [6, 6.07) is 12.1. The van der Waals surface area contributed by atoms with Crippen molar-refractivity contribution in [3.63, 3.8) is 0 Å². The molecule has 4 rings (SSSR count). The van der Waals surface area contributed by atoms with Crippen LogP contribution in [0.15, 0.2) is 48.0 Å². The van der Waals surface area contributed by atoms with E-state index < -0.39 is 17.7 Å². The maximum Gasteiger partial charge on any atom is 0.295 e. The van der Waals surface area contributed by atoms with Crippen molar-refractivity contribution in [2.45, 2.75) is 25.8 Å². The van der Waals surface area contributed by atoms with Gasteiger partial charge in [-0.05, 0) is 35.2 Å². The van der Waals surface area contributed by atoms with Gasteiger partial charge < -0.3 is 24.2 Å².